The fraction of sp³-hybridized carbons (Fsp3) is 0.903. The molecule has 2 aliphatic rings. The van der Waals surface area contributed by atoms with Crippen molar-refractivity contribution in [2.45, 2.75) is 124 Å². The minimum atomic E-state index is -1.41. The molecule has 2 rings (SSSR count). The van der Waals surface area contributed by atoms with Gasteiger partial charge in [0.25, 0.3) is 0 Å². The smallest absolute Gasteiger partial charge is 0.438 e. The summed E-state index contributed by atoms with van der Waals surface area (Å²) in [5.74, 6) is -3.83. The van der Waals surface area contributed by atoms with E-state index in [-0.39, 0.29) is 29.6 Å². The molecule has 0 aromatic rings. The van der Waals surface area contributed by atoms with Gasteiger partial charge in [0, 0.05) is 23.7 Å². The summed E-state index contributed by atoms with van der Waals surface area (Å²) < 4.78 is 29.1. The van der Waals surface area contributed by atoms with E-state index >= 15 is 0 Å². The summed E-state index contributed by atoms with van der Waals surface area (Å²) in [5, 5.41) is 22.1. The van der Waals surface area contributed by atoms with Gasteiger partial charge in [-0.2, -0.15) is 0 Å². The van der Waals surface area contributed by atoms with Crippen LogP contribution in [-0.4, -0.2) is 103 Å². The fourth-order valence-corrected chi connectivity index (χ4v) is 6.53. The van der Waals surface area contributed by atoms with Crippen molar-refractivity contribution in [2.75, 3.05) is 21.2 Å². The number of ketones is 2. The Morgan fingerprint density at radius 2 is 1.52 bits per heavy atom. The highest BCUT2D eigenvalue weighted by Gasteiger charge is 2.46. The van der Waals surface area contributed by atoms with Gasteiger partial charge in [-0.15, -0.1) is 0 Å². The fourth-order valence-electron chi connectivity index (χ4n) is 6.53. The Morgan fingerprint density at radius 3 is 2.07 bits per heavy atom. The molecule has 0 amide bonds. The van der Waals surface area contributed by atoms with E-state index < -0.39 is 72.7 Å². The highest BCUT2D eigenvalue weighted by Crippen LogP contribution is 2.35. The minimum Gasteiger partial charge on any atom is -0.438 e. The summed E-state index contributed by atoms with van der Waals surface area (Å²) in [7, 11) is 4.98. The van der Waals surface area contributed by atoms with Crippen LogP contribution in [0.25, 0.3) is 0 Å². The lowest BCUT2D eigenvalue weighted by atomic mass is 9.77. The monoisotopic (exact) mass is 601 g/mol. The molecule has 2 aliphatic heterocycles. The van der Waals surface area contributed by atoms with E-state index in [1.165, 1.54) is 7.11 Å². The molecular formula is C31H55NO10. The number of rotatable bonds is 5. The first-order chi connectivity index (χ1) is 19.5. The molecule has 0 bridgehead atoms. The van der Waals surface area contributed by atoms with E-state index in [4.69, 9.17) is 23.7 Å². The number of likely N-dealkylation sites (N-methyl/N-ethyl adjacent to an activating group) is 1. The van der Waals surface area contributed by atoms with E-state index in [1.54, 1.807) is 27.7 Å². The van der Waals surface area contributed by atoms with Gasteiger partial charge >= 0.3 is 6.16 Å². The van der Waals surface area contributed by atoms with Crippen LogP contribution in [0, 0.1) is 35.5 Å². The summed E-state index contributed by atoms with van der Waals surface area (Å²) in [6, 6.07) is -0.248. The molecule has 2 saturated heterocycles. The van der Waals surface area contributed by atoms with E-state index in [2.05, 4.69) is 0 Å². The third-order valence-electron chi connectivity index (χ3n) is 9.33. The summed E-state index contributed by atoms with van der Waals surface area (Å²) in [4.78, 5) is 41.5. The molecule has 14 atom stereocenters. The van der Waals surface area contributed by atoms with Gasteiger partial charge < -0.3 is 38.8 Å². The lowest BCUT2D eigenvalue weighted by Gasteiger charge is -2.45. The Morgan fingerprint density at radius 1 is 0.905 bits per heavy atom. The predicted octanol–water partition coefficient (Wildman–Crippen LogP) is 3.42. The second-order valence-electron chi connectivity index (χ2n) is 12.8. The topological polar surface area (TPSA) is 141 Å². The molecule has 0 aliphatic carbocycles. The molecule has 2 N–H and O–H groups in total. The number of hydrogen-bond donors (Lipinski definition) is 2. The number of ether oxygens (including phenoxy) is 5. The van der Waals surface area contributed by atoms with Gasteiger partial charge in [0.15, 0.2) is 18.7 Å². The molecule has 2 fully saturated rings. The number of aliphatic hydroxyl groups excluding tert-OH is 2. The lowest BCUT2D eigenvalue weighted by molar-refractivity contribution is -0.279. The van der Waals surface area contributed by atoms with Crippen molar-refractivity contribution in [2.24, 2.45) is 35.5 Å². The molecule has 0 saturated carbocycles. The Balaban J connectivity index is 2.52. The third kappa shape index (κ3) is 8.72. The van der Waals surface area contributed by atoms with Crippen LogP contribution < -0.4 is 0 Å². The third-order valence-corrected chi connectivity index (χ3v) is 9.33. The van der Waals surface area contributed by atoms with Gasteiger partial charge in [0.05, 0.1) is 43.5 Å². The number of hydrogen-bond acceptors (Lipinski definition) is 11. The van der Waals surface area contributed by atoms with Crippen molar-refractivity contribution >= 4 is 17.7 Å². The first-order valence-corrected chi connectivity index (χ1v) is 15.4. The van der Waals surface area contributed by atoms with Crippen molar-refractivity contribution in [3.63, 3.8) is 0 Å². The van der Waals surface area contributed by atoms with E-state index in [9.17, 15) is 24.6 Å². The number of aliphatic hydroxyl groups is 2. The Hall–Kier alpha value is -1.63. The number of Topliss-reactive ketones (excluding diaryl/α,β-unsaturated/α-hetero) is 2. The summed E-state index contributed by atoms with van der Waals surface area (Å²) in [6.07, 6.45) is -5.24. The molecule has 0 aromatic heterocycles. The van der Waals surface area contributed by atoms with Crippen molar-refractivity contribution < 1.29 is 48.3 Å². The average molecular weight is 602 g/mol. The average Bonchev–Trinajstić information content (AvgIpc) is 2.95. The summed E-state index contributed by atoms with van der Waals surface area (Å²) in [5.41, 5.74) is 0. The van der Waals surface area contributed by atoms with Gasteiger partial charge in [-0.1, -0.05) is 48.5 Å². The minimum absolute atomic E-state index is 0.0955. The SMILES string of the molecule is CC[C@H]1OC(O)[C@H](C)C(=O)[C@H](C)[C@@H](O[C@@H]2O[C@H](C)C[C@H](N(C)C)[C@H]2OC(=O)OC)[C@@H](C)C[C@@H](C)C(=O)[C@H](C)[C@@H](O)[C@H]1C. The van der Waals surface area contributed by atoms with E-state index in [0.29, 0.717) is 19.3 Å². The zero-order valence-corrected chi connectivity index (χ0v) is 27.3. The Bertz CT molecular complexity index is 899. The van der Waals surface area contributed by atoms with Crippen LogP contribution in [0.1, 0.15) is 74.7 Å². The van der Waals surface area contributed by atoms with Crippen molar-refractivity contribution in [3.05, 3.63) is 0 Å². The van der Waals surface area contributed by atoms with Crippen LogP contribution in [0.5, 0.6) is 0 Å². The molecule has 42 heavy (non-hydrogen) atoms. The van der Waals surface area contributed by atoms with Gasteiger partial charge in [-0.3, -0.25) is 9.59 Å². The van der Waals surface area contributed by atoms with Crippen LogP contribution in [0.15, 0.2) is 0 Å². The van der Waals surface area contributed by atoms with Crippen molar-refractivity contribution in [1.29, 1.82) is 0 Å². The highest BCUT2D eigenvalue weighted by molar-refractivity contribution is 5.84. The maximum absolute atomic E-state index is 13.8. The standard InChI is InChI=1S/C31H55NO10/c1-12-23-18(5)25(34)19(6)24(33)15(2)13-16(3)27(20(7)26(35)21(8)29(36)40-23)41-30-28(42-31(37)38-11)22(32(9)10)14-17(4)39-30/h15-23,25,27-30,34,36H,12-14H2,1-11H3/t15-,16+,17-,18+,19+,20+,21-,22+,23-,25+,27+,28-,29?,30+/m1/s1. The second kappa shape index (κ2) is 15.9. The van der Waals surface area contributed by atoms with Crippen LogP contribution in [0.2, 0.25) is 0 Å². The Labute approximate surface area is 251 Å². The molecule has 11 heteroatoms. The number of nitrogens with zero attached hydrogens (tertiary/aromatic N) is 1. The molecule has 1 unspecified atom stereocenters. The van der Waals surface area contributed by atoms with Crippen molar-refractivity contribution in [3.8, 4) is 0 Å². The van der Waals surface area contributed by atoms with E-state index in [1.807, 2.05) is 46.7 Å². The van der Waals surface area contributed by atoms with Crippen LogP contribution >= 0.6 is 0 Å². The van der Waals surface area contributed by atoms with Crippen molar-refractivity contribution in [1.82, 2.24) is 4.90 Å². The normalized spacial score (nSPS) is 43.1. The number of carbonyl (C=O) groups is 3. The predicted molar refractivity (Wildman–Crippen MR) is 155 cm³/mol. The molecule has 0 spiro atoms. The summed E-state index contributed by atoms with van der Waals surface area (Å²) in [6.45, 7) is 14.4. The quantitative estimate of drug-likeness (QED) is 0.448. The van der Waals surface area contributed by atoms with Gasteiger partial charge in [0.1, 0.15) is 11.6 Å². The second-order valence-corrected chi connectivity index (χ2v) is 12.8. The lowest BCUT2D eigenvalue weighted by Crippen LogP contribution is -2.57. The zero-order valence-electron chi connectivity index (χ0n) is 27.3. The largest absolute Gasteiger partial charge is 0.508 e. The molecule has 11 nitrogen and oxygen atoms in total. The van der Waals surface area contributed by atoms with Crippen LogP contribution in [0.3, 0.4) is 0 Å². The van der Waals surface area contributed by atoms with Gasteiger partial charge in [0.2, 0.25) is 0 Å². The van der Waals surface area contributed by atoms with Gasteiger partial charge in [-0.05, 0) is 46.2 Å². The van der Waals surface area contributed by atoms with Crippen LogP contribution in [-0.2, 0) is 33.3 Å². The molecule has 0 aromatic carbocycles. The number of carbonyl (C=O) groups excluding carboxylic acids is 3. The van der Waals surface area contributed by atoms with Crippen LogP contribution in [0.4, 0.5) is 4.79 Å². The molecule has 0 radical (unpaired) electrons. The Kier molecular flexibility index (Phi) is 13.8. The molecule has 244 valence electrons. The maximum atomic E-state index is 13.8. The molecular weight excluding hydrogens is 546 g/mol. The first kappa shape index (κ1) is 36.6. The number of methoxy groups -OCH3 is 1. The highest BCUT2D eigenvalue weighted by atomic mass is 16.8. The maximum Gasteiger partial charge on any atom is 0.508 e. The van der Waals surface area contributed by atoms with E-state index in [0.717, 1.165) is 0 Å². The zero-order chi connectivity index (χ0) is 32.0. The first-order valence-electron chi connectivity index (χ1n) is 15.4. The van der Waals surface area contributed by atoms with Gasteiger partial charge in [-0.25, -0.2) is 4.79 Å². The summed E-state index contributed by atoms with van der Waals surface area (Å²) >= 11 is 0. The molecule has 2 heterocycles.